The Kier molecular flexibility index (Phi) is 5.65. The highest BCUT2D eigenvalue weighted by Crippen LogP contribution is 2.40. The maximum absolute atomic E-state index is 6.50. The second kappa shape index (κ2) is 8.52. The molecule has 158 valence electrons. The Balaban J connectivity index is 1.73. The third-order valence-corrected chi connectivity index (χ3v) is 5.71. The van der Waals surface area contributed by atoms with E-state index in [4.69, 9.17) is 11.5 Å². The first-order chi connectivity index (χ1) is 14.7. The van der Waals surface area contributed by atoms with Crippen LogP contribution in [0.4, 0.5) is 29.0 Å². The lowest BCUT2D eigenvalue weighted by atomic mass is 10.2. The van der Waals surface area contributed by atoms with E-state index >= 15 is 0 Å². The van der Waals surface area contributed by atoms with E-state index in [2.05, 4.69) is 61.7 Å². The van der Waals surface area contributed by atoms with Crippen molar-refractivity contribution in [1.29, 1.82) is 0 Å². The second-order valence-electron chi connectivity index (χ2n) is 7.49. The largest absolute Gasteiger partial charge is 0.384 e. The number of benzene rings is 1. The number of fused-ring (bicyclic) bond motifs is 1. The first-order valence-electron chi connectivity index (χ1n) is 10.4. The Labute approximate surface area is 177 Å². The highest BCUT2D eigenvalue weighted by molar-refractivity contribution is 6.12. The molecule has 1 aliphatic rings. The first-order valence-corrected chi connectivity index (χ1v) is 10.4. The van der Waals surface area contributed by atoms with Crippen LogP contribution < -0.4 is 26.6 Å². The van der Waals surface area contributed by atoms with Gasteiger partial charge in [0.05, 0.1) is 10.8 Å². The quantitative estimate of drug-likeness (QED) is 0.560. The SMILES string of the molecule is C/C=C\Cn1c(N)c2c(N)nnc(N3CCCN(c4ccccc4)CC3)c2c1NC. The van der Waals surface area contributed by atoms with Crippen molar-refractivity contribution in [2.24, 2.45) is 0 Å². The smallest absolute Gasteiger partial charge is 0.163 e. The van der Waals surface area contributed by atoms with Gasteiger partial charge in [0.1, 0.15) is 11.6 Å². The second-order valence-corrected chi connectivity index (χ2v) is 7.49. The van der Waals surface area contributed by atoms with Crippen molar-refractivity contribution in [2.45, 2.75) is 19.9 Å². The number of para-hydroxylation sites is 1. The molecule has 3 heterocycles. The van der Waals surface area contributed by atoms with Gasteiger partial charge < -0.3 is 31.2 Å². The van der Waals surface area contributed by atoms with Crippen molar-refractivity contribution in [3.8, 4) is 0 Å². The molecule has 30 heavy (non-hydrogen) atoms. The molecule has 0 saturated carbocycles. The van der Waals surface area contributed by atoms with Crippen LogP contribution in [0.1, 0.15) is 13.3 Å². The lowest BCUT2D eigenvalue weighted by molar-refractivity contribution is 0.791. The fraction of sp³-hybridized carbons (Fsp3) is 0.364. The van der Waals surface area contributed by atoms with Crippen molar-refractivity contribution in [3.05, 3.63) is 42.5 Å². The molecular formula is C22H30N8. The maximum atomic E-state index is 6.50. The maximum Gasteiger partial charge on any atom is 0.163 e. The van der Waals surface area contributed by atoms with E-state index in [1.807, 2.05) is 24.6 Å². The molecule has 4 rings (SSSR count). The van der Waals surface area contributed by atoms with Crippen molar-refractivity contribution >= 4 is 39.7 Å². The summed E-state index contributed by atoms with van der Waals surface area (Å²) in [7, 11) is 1.90. The van der Waals surface area contributed by atoms with Gasteiger partial charge in [0.25, 0.3) is 0 Å². The van der Waals surface area contributed by atoms with Crippen LogP contribution in [0.5, 0.6) is 0 Å². The zero-order chi connectivity index (χ0) is 21.1. The minimum absolute atomic E-state index is 0.364. The Morgan fingerprint density at radius 3 is 2.47 bits per heavy atom. The van der Waals surface area contributed by atoms with Crippen LogP contribution >= 0.6 is 0 Å². The van der Waals surface area contributed by atoms with Gasteiger partial charge in [-0.2, -0.15) is 0 Å². The lowest BCUT2D eigenvalue weighted by Gasteiger charge is -2.24. The molecular weight excluding hydrogens is 376 g/mol. The summed E-state index contributed by atoms with van der Waals surface area (Å²) < 4.78 is 2.03. The van der Waals surface area contributed by atoms with Gasteiger partial charge in [-0.3, -0.25) is 0 Å². The number of allylic oxidation sites excluding steroid dienone is 2. The predicted molar refractivity (Wildman–Crippen MR) is 126 cm³/mol. The molecule has 5 N–H and O–H groups in total. The summed E-state index contributed by atoms with van der Waals surface area (Å²) in [5.41, 5.74) is 14.0. The normalized spacial score (nSPS) is 15.1. The van der Waals surface area contributed by atoms with E-state index in [0.29, 0.717) is 18.2 Å². The molecule has 0 spiro atoms. The van der Waals surface area contributed by atoms with Crippen LogP contribution in [0.2, 0.25) is 0 Å². The molecule has 1 aromatic carbocycles. The Morgan fingerprint density at radius 2 is 1.73 bits per heavy atom. The molecule has 3 aromatic rings. The molecule has 1 fully saturated rings. The summed E-state index contributed by atoms with van der Waals surface area (Å²) in [6.45, 7) is 6.34. The molecule has 8 nitrogen and oxygen atoms in total. The number of rotatable bonds is 5. The Morgan fingerprint density at radius 1 is 1.00 bits per heavy atom. The number of nitrogens with two attached hydrogens (primary N) is 2. The molecule has 1 saturated heterocycles. The van der Waals surface area contributed by atoms with Gasteiger partial charge in [0.15, 0.2) is 11.6 Å². The zero-order valence-corrected chi connectivity index (χ0v) is 17.7. The van der Waals surface area contributed by atoms with Crippen LogP contribution in [-0.2, 0) is 6.54 Å². The average Bonchev–Trinajstić information content (AvgIpc) is 2.91. The zero-order valence-electron chi connectivity index (χ0n) is 17.7. The fourth-order valence-electron chi connectivity index (χ4n) is 4.22. The standard InChI is InChI=1S/C22H30N8/c1-3-4-13-30-20(24)17-18(21(30)25-2)22(27-26-19(17)23)29-12-8-11-28(14-15-29)16-9-6-5-7-10-16/h3-7,9-10,25H,8,11-15,24H2,1-2H3,(H2,23,26)/b4-3-. The first kappa shape index (κ1) is 19.9. The van der Waals surface area contributed by atoms with Gasteiger partial charge in [-0.05, 0) is 25.5 Å². The number of nitrogens with zero attached hydrogens (tertiary/aromatic N) is 5. The molecule has 0 amide bonds. The number of hydrogen-bond donors (Lipinski definition) is 3. The Hall–Kier alpha value is -3.42. The number of aromatic nitrogens is 3. The van der Waals surface area contributed by atoms with Crippen molar-refractivity contribution in [1.82, 2.24) is 14.8 Å². The van der Waals surface area contributed by atoms with E-state index in [9.17, 15) is 0 Å². The van der Waals surface area contributed by atoms with E-state index in [1.165, 1.54) is 5.69 Å². The van der Waals surface area contributed by atoms with Crippen molar-refractivity contribution in [2.75, 3.05) is 59.8 Å². The van der Waals surface area contributed by atoms with Crippen molar-refractivity contribution in [3.63, 3.8) is 0 Å². The summed E-state index contributed by atoms with van der Waals surface area (Å²) >= 11 is 0. The van der Waals surface area contributed by atoms with Gasteiger partial charge in [0.2, 0.25) is 0 Å². The number of nitrogen functional groups attached to an aromatic ring is 2. The summed E-state index contributed by atoms with van der Waals surface area (Å²) in [4.78, 5) is 4.73. The highest BCUT2D eigenvalue weighted by atomic mass is 15.3. The lowest BCUT2D eigenvalue weighted by Crippen LogP contribution is -2.31. The van der Waals surface area contributed by atoms with Crippen LogP contribution in [-0.4, -0.2) is 48.0 Å². The molecule has 0 aliphatic carbocycles. The molecule has 8 heteroatoms. The third-order valence-electron chi connectivity index (χ3n) is 5.71. The molecule has 0 unspecified atom stereocenters. The molecule has 0 atom stereocenters. The number of nitrogens with one attached hydrogen (secondary N) is 1. The van der Waals surface area contributed by atoms with Crippen LogP contribution in [0.25, 0.3) is 10.8 Å². The van der Waals surface area contributed by atoms with E-state index < -0.39 is 0 Å². The van der Waals surface area contributed by atoms with Gasteiger partial charge in [-0.25, -0.2) is 0 Å². The van der Waals surface area contributed by atoms with Gasteiger partial charge in [0, 0.05) is 45.5 Å². The summed E-state index contributed by atoms with van der Waals surface area (Å²) in [6, 6.07) is 10.6. The molecule has 1 aliphatic heterocycles. The predicted octanol–water partition coefficient (Wildman–Crippen LogP) is 2.93. The topological polar surface area (TPSA) is 101 Å². The summed E-state index contributed by atoms with van der Waals surface area (Å²) in [5, 5.41) is 13.8. The molecule has 0 bridgehead atoms. The van der Waals surface area contributed by atoms with Gasteiger partial charge >= 0.3 is 0 Å². The van der Waals surface area contributed by atoms with Crippen LogP contribution in [0, 0.1) is 0 Å². The van der Waals surface area contributed by atoms with E-state index in [0.717, 1.165) is 55.0 Å². The minimum atomic E-state index is 0.364. The summed E-state index contributed by atoms with van der Waals surface area (Å²) in [5.74, 6) is 2.73. The van der Waals surface area contributed by atoms with Crippen LogP contribution in [0.3, 0.4) is 0 Å². The fourth-order valence-corrected chi connectivity index (χ4v) is 4.22. The Bertz CT molecular complexity index is 1040. The van der Waals surface area contributed by atoms with Gasteiger partial charge in [-0.1, -0.05) is 30.4 Å². The van der Waals surface area contributed by atoms with E-state index in [-0.39, 0.29) is 0 Å². The minimum Gasteiger partial charge on any atom is -0.384 e. The molecule has 2 aromatic heterocycles. The van der Waals surface area contributed by atoms with Crippen molar-refractivity contribution < 1.29 is 0 Å². The number of hydrogen-bond acceptors (Lipinski definition) is 7. The average molecular weight is 407 g/mol. The van der Waals surface area contributed by atoms with Crippen LogP contribution in [0.15, 0.2) is 42.5 Å². The van der Waals surface area contributed by atoms with E-state index in [1.54, 1.807) is 0 Å². The monoisotopic (exact) mass is 406 g/mol. The van der Waals surface area contributed by atoms with Gasteiger partial charge in [-0.15, -0.1) is 10.2 Å². The summed E-state index contributed by atoms with van der Waals surface area (Å²) in [6.07, 6.45) is 5.11. The number of anilines is 5. The highest BCUT2D eigenvalue weighted by Gasteiger charge is 2.25. The third kappa shape index (κ3) is 3.49. The molecule has 0 radical (unpaired) electrons.